The van der Waals surface area contributed by atoms with Gasteiger partial charge in [-0.05, 0) is 19.1 Å². The molecule has 0 aliphatic carbocycles. The molecule has 0 atom stereocenters. The van der Waals surface area contributed by atoms with E-state index in [0.717, 1.165) is 17.0 Å². The number of H-pyrrole nitrogens is 1. The van der Waals surface area contributed by atoms with Crippen molar-refractivity contribution in [2.24, 2.45) is 0 Å². The number of rotatable bonds is 2. The normalized spacial score (nSPS) is 11.8. The first kappa shape index (κ1) is 13.7. The first-order valence-corrected chi connectivity index (χ1v) is 6.78. The molecule has 1 aromatic carbocycles. The van der Waals surface area contributed by atoms with Crippen LogP contribution in [0.3, 0.4) is 0 Å². The Labute approximate surface area is 121 Å². The highest BCUT2D eigenvalue weighted by Gasteiger charge is 2.30. The van der Waals surface area contributed by atoms with Gasteiger partial charge in [0.15, 0.2) is 0 Å². The number of halogens is 3. The average Bonchev–Trinajstić information content (AvgIpc) is 3.07. The molecule has 2 aromatic heterocycles. The van der Waals surface area contributed by atoms with Gasteiger partial charge in [0.25, 0.3) is 0 Å². The van der Waals surface area contributed by atoms with E-state index in [2.05, 4.69) is 20.4 Å². The van der Waals surface area contributed by atoms with Crippen LogP contribution >= 0.6 is 11.3 Å². The predicted octanol–water partition coefficient (Wildman–Crippen LogP) is 3.92. The predicted molar refractivity (Wildman–Crippen MR) is 72.7 cm³/mol. The van der Waals surface area contributed by atoms with Crippen molar-refractivity contribution < 1.29 is 13.2 Å². The van der Waals surface area contributed by atoms with E-state index < -0.39 is 11.7 Å². The minimum Gasteiger partial charge on any atom is -0.234 e. The zero-order chi connectivity index (χ0) is 15.0. The van der Waals surface area contributed by atoms with E-state index in [1.807, 2.05) is 6.92 Å². The third-order valence-corrected chi connectivity index (χ3v) is 3.91. The highest BCUT2D eigenvalue weighted by Crippen LogP contribution is 2.35. The number of aromatic amines is 1. The van der Waals surface area contributed by atoms with Gasteiger partial charge in [-0.2, -0.15) is 28.6 Å². The number of hydrogen-bond donors (Lipinski definition) is 1. The number of alkyl halides is 3. The Morgan fingerprint density at radius 2 is 2.05 bits per heavy atom. The summed E-state index contributed by atoms with van der Waals surface area (Å²) >= 11 is 1.32. The van der Waals surface area contributed by atoms with Crippen LogP contribution < -0.4 is 0 Å². The second kappa shape index (κ2) is 4.96. The van der Waals surface area contributed by atoms with Crippen LogP contribution in [0.5, 0.6) is 0 Å². The minimum atomic E-state index is -4.36. The third kappa shape index (κ3) is 2.66. The van der Waals surface area contributed by atoms with Crippen molar-refractivity contribution >= 4 is 11.3 Å². The monoisotopic (exact) mass is 310 g/mol. The fourth-order valence-electron chi connectivity index (χ4n) is 1.90. The lowest BCUT2D eigenvalue weighted by Gasteiger charge is -2.07. The van der Waals surface area contributed by atoms with Crippen molar-refractivity contribution in [1.82, 2.24) is 20.4 Å². The molecule has 0 aliphatic rings. The fraction of sp³-hybridized carbons (Fsp3) is 0.154. The van der Waals surface area contributed by atoms with Crippen LogP contribution in [0.25, 0.3) is 22.0 Å². The fourth-order valence-corrected chi connectivity index (χ4v) is 2.82. The minimum absolute atomic E-state index is 0.438. The molecule has 3 aromatic rings. The maximum Gasteiger partial charge on any atom is 0.416 e. The van der Waals surface area contributed by atoms with Gasteiger partial charge in [-0.25, -0.2) is 4.98 Å². The Balaban J connectivity index is 2.04. The van der Waals surface area contributed by atoms with Gasteiger partial charge in [0.1, 0.15) is 16.4 Å². The van der Waals surface area contributed by atoms with Gasteiger partial charge in [-0.1, -0.05) is 12.1 Å². The van der Waals surface area contributed by atoms with E-state index in [9.17, 15) is 13.2 Å². The van der Waals surface area contributed by atoms with Crippen LogP contribution in [-0.4, -0.2) is 20.4 Å². The van der Waals surface area contributed by atoms with Gasteiger partial charge in [-0.15, -0.1) is 11.3 Å². The summed E-state index contributed by atoms with van der Waals surface area (Å²) in [5.74, 6) is 0. The van der Waals surface area contributed by atoms with Gasteiger partial charge in [-0.3, -0.25) is 0 Å². The summed E-state index contributed by atoms with van der Waals surface area (Å²) in [4.78, 5) is 5.25. The summed E-state index contributed by atoms with van der Waals surface area (Å²) in [7, 11) is 0. The van der Waals surface area contributed by atoms with E-state index >= 15 is 0 Å². The Kier molecular flexibility index (Phi) is 3.25. The summed E-state index contributed by atoms with van der Waals surface area (Å²) in [6.45, 7) is 1.85. The molecule has 3 rings (SSSR count). The lowest BCUT2D eigenvalue weighted by Crippen LogP contribution is -2.04. The zero-order valence-corrected chi connectivity index (χ0v) is 11.6. The van der Waals surface area contributed by atoms with Gasteiger partial charge in [0, 0.05) is 10.4 Å². The summed E-state index contributed by atoms with van der Waals surface area (Å²) in [5.41, 5.74) is 0.951. The van der Waals surface area contributed by atoms with Crippen molar-refractivity contribution in [3.8, 4) is 22.0 Å². The Hall–Kier alpha value is -2.22. The third-order valence-electron chi connectivity index (χ3n) is 2.89. The van der Waals surface area contributed by atoms with Gasteiger partial charge >= 0.3 is 6.18 Å². The molecule has 0 radical (unpaired) electrons. The number of benzene rings is 1. The molecule has 21 heavy (non-hydrogen) atoms. The average molecular weight is 310 g/mol. The first-order valence-electron chi connectivity index (χ1n) is 5.96. The van der Waals surface area contributed by atoms with E-state index in [0.29, 0.717) is 22.0 Å². The van der Waals surface area contributed by atoms with Crippen molar-refractivity contribution in [1.29, 1.82) is 0 Å². The molecular weight excluding hydrogens is 301 g/mol. The van der Waals surface area contributed by atoms with Crippen molar-refractivity contribution in [3.63, 3.8) is 0 Å². The molecule has 0 amide bonds. The van der Waals surface area contributed by atoms with Crippen molar-refractivity contribution in [2.45, 2.75) is 13.1 Å². The Bertz CT molecular complexity index is 762. The number of nitrogens with one attached hydrogen (secondary N) is 1. The second-order valence-corrected chi connectivity index (χ2v) is 5.56. The van der Waals surface area contributed by atoms with Gasteiger partial charge in [0.05, 0.1) is 11.8 Å². The lowest BCUT2D eigenvalue weighted by atomic mass is 10.1. The topological polar surface area (TPSA) is 54.5 Å². The second-order valence-electron chi connectivity index (χ2n) is 4.36. The molecule has 8 heteroatoms. The lowest BCUT2D eigenvalue weighted by molar-refractivity contribution is -0.137. The van der Waals surface area contributed by atoms with E-state index in [4.69, 9.17) is 0 Å². The van der Waals surface area contributed by atoms with E-state index in [1.54, 1.807) is 6.07 Å². The number of thiazole rings is 1. The zero-order valence-electron chi connectivity index (χ0n) is 10.8. The molecule has 2 heterocycles. The molecule has 1 N–H and O–H groups in total. The van der Waals surface area contributed by atoms with Crippen LogP contribution in [-0.2, 0) is 6.18 Å². The van der Waals surface area contributed by atoms with Crippen LogP contribution in [0.15, 0.2) is 30.5 Å². The molecule has 0 unspecified atom stereocenters. The van der Waals surface area contributed by atoms with Crippen LogP contribution in [0, 0.1) is 6.92 Å². The molecule has 0 bridgehead atoms. The van der Waals surface area contributed by atoms with Gasteiger partial charge < -0.3 is 0 Å². The SMILES string of the molecule is Cc1sc(-c2cccc(C(F)(F)F)c2)nc1-c1cn[nH]n1. The van der Waals surface area contributed by atoms with Crippen LogP contribution in [0.4, 0.5) is 13.2 Å². The smallest absolute Gasteiger partial charge is 0.234 e. The van der Waals surface area contributed by atoms with Crippen molar-refractivity contribution in [3.05, 3.63) is 40.9 Å². The van der Waals surface area contributed by atoms with Gasteiger partial charge in [0.2, 0.25) is 0 Å². The number of aromatic nitrogens is 4. The summed E-state index contributed by atoms with van der Waals surface area (Å²) < 4.78 is 38.3. The molecule has 0 spiro atoms. The highest BCUT2D eigenvalue weighted by atomic mass is 32.1. The molecular formula is C13H9F3N4S. The molecule has 0 saturated carbocycles. The van der Waals surface area contributed by atoms with E-state index in [-0.39, 0.29) is 0 Å². The standard InChI is InChI=1S/C13H9F3N4S/c1-7-11(10-6-17-20-19-10)18-12(21-7)8-3-2-4-9(5-8)13(14,15)16/h2-6H,1H3,(H,17,19,20). The summed E-state index contributed by atoms with van der Waals surface area (Å²) in [5, 5.41) is 10.7. The largest absolute Gasteiger partial charge is 0.416 e. The Morgan fingerprint density at radius 1 is 1.24 bits per heavy atom. The highest BCUT2D eigenvalue weighted by molar-refractivity contribution is 7.15. The quantitative estimate of drug-likeness (QED) is 0.780. The molecule has 0 saturated heterocycles. The molecule has 4 nitrogen and oxygen atoms in total. The van der Waals surface area contributed by atoms with Crippen LogP contribution in [0.2, 0.25) is 0 Å². The number of nitrogens with zero attached hydrogens (tertiary/aromatic N) is 3. The molecule has 108 valence electrons. The Morgan fingerprint density at radius 3 is 2.71 bits per heavy atom. The molecule has 0 fully saturated rings. The first-order chi connectivity index (χ1) is 9.95. The maximum atomic E-state index is 12.8. The summed E-state index contributed by atoms with van der Waals surface area (Å²) in [6, 6.07) is 5.14. The summed E-state index contributed by atoms with van der Waals surface area (Å²) in [6.07, 6.45) is -2.84. The van der Waals surface area contributed by atoms with Crippen LogP contribution in [0.1, 0.15) is 10.4 Å². The number of hydrogen-bond acceptors (Lipinski definition) is 4. The molecule has 0 aliphatic heterocycles. The maximum absolute atomic E-state index is 12.8. The number of aryl methyl sites for hydroxylation is 1. The van der Waals surface area contributed by atoms with E-state index in [1.165, 1.54) is 23.6 Å². The van der Waals surface area contributed by atoms with Crippen molar-refractivity contribution in [2.75, 3.05) is 0 Å².